The summed E-state index contributed by atoms with van der Waals surface area (Å²) in [4.78, 5) is 11.2. The van der Waals surface area contributed by atoms with E-state index in [2.05, 4.69) is 0 Å². The average molecular weight is 278 g/mol. The van der Waals surface area contributed by atoms with Gasteiger partial charge in [0.2, 0.25) is 0 Å². The van der Waals surface area contributed by atoms with Gasteiger partial charge in [-0.15, -0.1) is 0 Å². The normalized spacial score (nSPS) is 20.2. The first-order valence-electron chi connectivity index (χ1n) is 6.76. The number of carbonyl (C=O) groups is 1. The summed E-state index contributed by atoms with van der Waals surface area (Å²) in [6.07, 6.45) is 0.285. The van der Waals surface area contributed by atoms with E-state index >= 15 is 0 Å². The molecule has 1 fully saturated rings. The second-order valence-corrected chi connectivity index (χ2v) is 6.32. The Hall–Kier alpha value is -1.20. The molecule has 0 amide bonds. The number of rotatable bonds is 3. The van der Waals surface area contributed by atoms with Crippen LogP contribution in [0.25, 0.3) is 0 Å². The molecule has 0 bridgehead atoms. The van der Waals surface area contributed by atoms with E-state index < -0.39 is 18.3 Å². The Morgan fingerprint density at radius 3 is 2.25 bits per heavy atom. The first kappa shape index (κ1) is 15.2. The third kappa shape index (κ3) is 2.79. The van der Waals surface area contributed by atoms with Gasteiger partial charge >= 0.3 is 7.12 Å². The minimum absolute atomic E-state index is 0.0384. The van der Waals surface area contributed by atoms with E-state index in [0.29, 0.717) is 5.46 Å². The minimum Gasteiger partial charge on any atom is -0.399 e. The van der Waals surface area contributed by atoms with Gasteiger partial charge < -0.3 is 9.31 Å². The van der Waals surface area contributed by atoms with Gasteiger partial charge in [0.1, 0.15) is 11.6 Å². The lowest BCUT2D eigenvalue weighted by atomic mass is 9.77. The second-order valence-electron chi connectivity index (χ2n) is 6.32. The molecular formula is C15H20BFO3. The molecule has 0 atom stereocenters. The zero-order valence-electron chi connectivity index (χ0n) is 12.6. The van der Waals surface area contributed by atoms with Gasteiger partial charge in [-0.25, -0.2) is 4.39 Å². The average Bonchev–Trinajstić information content (AvgIpc) is 2.50. The van der Waals surface area contributed by atoms with Crippen molar-refractivity contribution in [1.82, 2.24) is 0 Å². The quantitative estimate of drug-likeness (QED) is 0.795. The molecule has 1 aromatic carbocycles. The molecule has 5 heteroatoms. The summed E-state index contributed by atoms with van der Waals surface area (Å²) in [6.45, 7) is 9.20. The highest BCUT2D eigenvalue weighted by Gasteiger charge is 2.52. The van der Waals surface area contributed by atoms with E-state index in [0.717, 1.165) is 5.56 Å². The van der Waals surface area contributed by atoms with E-state index in [-0.39, 0.29) is 18.0 Å². The molecule has 2 rings (SSSR count). The van der Waals surface area contributed by atoms with E-state index in [9.17, 15) is 9.18 Å². The molecule has 1 heterocycles. The lowest BCUT2D eigenvalue weighted by Crippen LogP contribution is -2.41. The monoisotopic (exact) mass is 278 g/mol. The highest BCUT2D eigenvalue weighted by molar-refractivity contribution is 6.62. The fourth-order valence-corrected chi connectivity index (χ4v) is 2.14. The van der Waals surface area contributed by atoms with Crippen molar-refractivity contribution < 1.29 is 18.5 Å². The SMILES string of the molecule is CC(=O)Cc1ccc(F)c(B2OC(C)(C)C(C)(C)O2)c1. The molecule has 1 aliphatic heterocycles. The summed E-state index contributed by atoms with van der Waals surface area (Å²) in [7, 11) is -0.744. The number of halogens is 1. The van der Waals surface area contributed by atoms with Crippen LogP contribution in [0.2, 0.25) is 0 Å². The molecule has 0 unspecified atom stereocenters. The summed E-state index contributed by atoms with van der Waals surface area (Å²) in [5, 5.41) is 0. The summed E-state index contributed by atoms with van der Waals surface area (Å²) in [6, 6.07) is 4.63. The molecule has 1 aliphatic rings. The Bertz CT molecular complexity index is 524. The van der Waals surface area contributed by atoms with Gasteiger partial charge in [0, 0.05) is 11.9 Å². The minimum atomic E-state index is -0.744. The highest BCUT2D eigenvalue weighted by Crippen LogP contribution is 2.36. The number of carbonyl (C=O) groups excluding carboxylic acids is 1. The predicted octanol–water partition coefficient (Wildman–Crippen LogP) is 2.26. The molecule has 0 aromatic heterocycles. The van der Waals surface area contributed by atoms with Gasteiger partial charge in [0.15, 0.2) is 0 Å². The first-order valence-corrected chi connectivity index (χ1v) is 6.76. The molecule has 0 aliphatic carbocycles. The smallest absolute Gasteiger partial charge is 0.399 e. The van der Waals surface area contributed by atoms with Gasteiger partial charge in [-0.2, -0.15) is 0 Å². The molecule has 0 N–H and O–H groups in total. The maximum absolute atomic E-state index is 14.0. The molecule has 20 heavy (non-hydrogen) atoms. The third-order valence-corrected chi connectivity index (χ3v) is 4.02. The van der Waals surface area contributed by atoms with Crippen LogP contribution in [0, 0.1) is 5.82 Å². The van der Waals surface area contributed by atoms with Gasteiger partial charge in [-0.3, -0.25) is 4.79 Å². The van der Waals surface area contributed by atoms with Crippen LogP contribution in [-0.4, -0.2) is 24.1 Å². The predicted molar refractivity (Wildman–Crippen MR) is 76.5 cm³/mol. The van der Waals surface area contributed by atoms with Crippen molar-refractivity contribution in [3.63, 3.8) is 0 Å². The van der Waals surface area contributed by atoms with Crippen LogP contribution in [0.5, 0.6) is 0 Å². The maximum atomic E-state index is 14.0. The molecule has 0 saturated carbocycles. The lowest BCUT2D eigenvalue weighted by Gasteiger charge is -2.32. The van der Waals surface area contributed by atoms with Crippen molar-refractivity contribution in [3.8, 4) is 0 Å². The summed E-state index contributed by atoms with van der Waals surface area (Å²) in [5.74, 6) is -0.340. The van der Waals surface area contributed by atoms with Crippen molar-refractivity contribution >= 4 is 18.4 Å². The molecule has 1 aromatic rings. The molecule has 3 nitrogen and oxygen atoms in total. The molecule has 0 radical (unpaired) electrons. The van der Waals surface area contributed by atoms with Crippen LogP contribution < -0.4 is 5.46 Å². The molecule has 108 valence electrons. The largest absolute Gasteiger partial charge is 0.497 e. The maximum Gasteiger partial charge on any atom is 0.497 e. The Morgan fingerprint density at radius 2 is 1.75 bits per heavy atom. The van der Waals surface area contributed by atoms with Crippen LogP contribution in [-0.2, 0) is 20.5 Å². The Kier molecular flexibility index (Phi) is 3.78. The van der Waals surface area contributed by atoms with Crippen molar-refractivity contribution in [3.05, 3.63) is 29.6 Å². The number of hydrogen-bond acceptors (Lipinski definition) is 3. The van der Waals surface area contributed by atoms with Crippen LogP contribution >= 0.6 is 0 Å². The topological polar surface area (TPSA) is 35.5 Å². The lowest BCUT2D eigenvalue weighted by molar-refractivity contribution is -0.116. The number of ketones is 1. The van der Waals surface area contributed by atoms with Crippen LogP contribution in [0.1, 0.15) is 40.2 Å². The fourth-order valence-electron chi connectivity index (χ4n) is 2.14. The van der Waals surface area contributed by atoms with E-state index in [1.807, 2.05) is 27.7 Å². The Labute approximate surface area is 119 Å². The molecule has 1 saturated heterocycles. The number of Topliss-reactive ketones (excluding diaryl/α,β-unsaturated/α-hetero) is 1. The Balaban J connectivity index is 2.32. The van der Waals surface area contributed by atoms with Gasteiger partial charge in [-0.1, -0.05) is 12.1 Å². The zero-order chi connectivity index (χ0) is 15.1. The summed E-state index contributed by atoms with van der Waals surface area (Å²) >= 11 is 0. The van der Waals surface area contributed by atoms with Crippen molar-refractivity contribution in [1.29, 1.82) is 0 Å². The van der Waals surface area contributed by atoms with Crippen LogP contribution in [0.3, 0.4) is 0 Å². The summed E-state index contributed by atoms with van der Waals surface area (Å²) in [5.41, 5.74) is 0.0903. The number of benzene rings is 1. The van der Waals surface area contributed by atoms with Crippen molar-refractivity contribution in [2.24, 2.45) is 0 Å². The van der Waals surface area contributed by atoms with E-state index in [4.69, 9.17) is 9.31 Å². The third-order valence-electron chi connectivity index (χ3n) is 4.02. The van der Waals surface area contributed by atoms with E-state index in [1.165, 1.54) is 13.0 Å². The molecular weight excluding hydrogens is 258 g/mol. The van der Waals surface area contributed by atoms with Crippen molar-refractivity contribution in [2.75, 3.05) is 0 Å². The van der Waals surface area contributed by atoms with Gasteiger partial charge in [0.05, 0.1) is 11.2 Å². The Morgan fingerprint density at radius 1 is 1.20 bits per heavy atom. The van der Waals surface area contributed by atoms with E-state index in [1.54, 1.807) is 12.1 Å². The fraction of sp³-hybridized carbons (Fsp3) is 0.533. The van der Waals surface area contributed by atoms with Gasteiger partial charge in [0.25, 0.3) is 0 Å². The molecule has 0 spiro atoms. The van der Waals surface area contributed by atoms with Gasteiger partial charge in [-0.05, 0) is 46.2 Å². The van der Waals surface area contributed by atoms with Crippen LogP contribution in [0.15, 0.2) is 18.2 Å². The zero-order valence-corrected chi connectivity index (χ0v) is 12.6. The second kappa shape index (κ2) is 4.97. The highest BCUT2D eigenvalue weighted by atomic mass is 19.1. The summed E-state index contributed by atoms with van der Waals surface area (Å²) < 4.78 is 25.7. The van der Waals surface area contributed by atoms with Crippen molar-refractivity contribution in [2.45, 2.75) is 52.2 Å². The number of hydrogen-bond donors (Lipinski definition) is 0. The van der Waals surface area contributed by atoms with Crippen LogP contribution in [0.4, 0.5) is 4.39 Å². The standard InChI is InChI=1S/C15H20BFO3/c1-10(18)8-11-6-7-13(17)12(9-11)16-19-14(2,3)15(4,5)20-16/h6-7,9H,8H2,1-5H3. The first-order chi connectivity index (χ1) is 9.12.